The lowest BCUT2D eigenvalue weighted by atomic mass is 10.6. The molecule has 0 rings (SSSR count). The Morgan fingerprint density at radius 3 is 2.42 bits per heavy atom. The van der Waals surface area contributed by atoms with E-state index in [1.165, 1.54) is 7.05 Å². The molecule has 1 N–H and O–H groups in total. The van der Waals surface area contributed by atoms with Gasteiger partial charge in [0.1, 0.15) is 0 Å². The number of rotatable bonds is 4. The molecule has 0 aliphatic carbocycles. The summed E-state index contributed by atoms with van der Waals surface area (Å²) in [4.78, 5) is 31.6. The predicted molar refractivity (Wildman–Crippen MR) is 36.6 cm³/mol. The molecule has 0 saturated carbocycles. The molecule has 0 aromatic carbocycles. The van der Waals surface area contributed by atoms with Crippen LogP contribution in [0.1, 0.15) is 0 Å². The maximum Gasteiger partial charge on any atom is 0.223 e. The average Bonchev–Trinajstić information content (AvgIpc) is 1.82. The van der Waals surface area contributed by atoms with Crippen molar-refractivity contribution in [3.8, 4) is 0 Å². The number of nitrogens with one attached hydrogen (secondary N) is 1. The van der Waals surface area contributed by atoms with E-state index >= 15 is 0 Å². The predicted octanol–water partition coefficient (Wildman–Crippen LogP) is -2.60. The van der Waals surface area contributed by atoms with Gasteiger partial charge in [-0.3, -0.25) is 9.69 Å². The molecule has 0 bridgehead atoms. The number of carbonyl (C=O) groups is 1. The van der Waals surface area contributed by atoms with Gasteiger partial charge in [0, 0.05) is 6.29 Å². The number of likely N-dealkylation sites (N-methyl/N-ethyl adjacent to an activating group) is 1. The summed E-state index contributed by atoms with van der Waals surface area (Å²) in [5.41, 5.74) is 1.06. The first-order chi connectivity index (χ1) is 5.35. The molecule has 0 atom stereocenters. The van der Waals surface area contributed by atoms with Crippen molar-refractivity contribution in [2.75, 3.05) is 19.9 Å². The zero-order valence-electron chi connectivity index (χ0n) is 6.35. The van der Waals surface area contributed by atoms with Gasteiger partial charge in [0.2, 0.25) is 5.91 Å². The van der Waals surface area contributed by atoms with Crippen LogP contribution >= 0.6 is 7.60 Å². The van der Waals surface area contributed by atoms with Crippen LogP contribution in [0.4, 0.5) is 0 Å². The first kappa shape index (κ1) is 11.5. The Labute approximate surface area is 69.1 Å². The fraction of sp³-hybridized carbons (Fsp3) is 0.750. The van der Waals surface area contributed by atoms with Crippen molar-refractivity contribution in [2.45, 2.75) is 0 Å². The van der Waals surface area contributed by atoms with Gasteiger partial charge in [-0.25, -0.2) is 0 Å². The second-order valence-corrected chi connectivity index (χ2v) is 3.80. The van der Waals surface area contributed by atoms with Crippen molar-refractivity contribution in [2.24, 2.45) is 0 Å². The minimum absolute atomic E-state index is 0.405. The van der Waals surface area contributed by atoms with Gasteiger partial charge in [-0.05, 0) is 7.05 Å². The summed E-state index contributed by atoms with van der Waals surface area (Å²) in [5.74, 6) is -0.883. The summed E-state index contributed by atoms with van der Waals surface area (Å²) in [6.45, 7) is -0.405. The van der Waals surface area contributed by atoms with E-state index in [1.54, 1.807) is 0 Å². The van der Waals surface area contributed by atoms with Crippen LogP contribution in [0.3, 0.4) is 0 Å². The summed E-state index contributed by atoms with van der Waals surface area (Å²) < 4.78 is 10.1. The Morgan fingerprint density at radius 1 is 1.58 bits per heavy atom. The summed E-state index contributed by atoms with van der Waals surface area (Å²) in [7, 11) is -3.40. The summed E-state index contributed by atoms with van der Waals surface area (Å²) in [5, 5.41) is 9.68. The zero-order chi connectivity index (χ0) is 9.78. The van der Waals surface area contributed by atoms with Gasteiger partial charge < -0.3 is 25.0 Å². The van der Waals surface area contributed by atoms with E-state index in [1.807, 2.05) is 0 Å². The lowest BCUT2D eigenvalue weighted by Crippen LogP contribution is -2.35. The van der Waals surface area contributed by atoms with Gasteiger partial charge in [0.15, 0.2) is 0 Å². The van der Waals surface area contributed by atoms with Gasteiger partial charge in [-0.1, -0.05) is 7.60 Å². The van der Waals surface area contributed by atoms with Crippen LogP contribution < -0.4 is 15.3 Å². The molecule has 8 heteroatoms. The minimum atomic E-state index is -4.64. The van der Waals surface area contributed by atoms with Gasteiger partial charge >= 0.3 is 0 Å². The standard InChI is InChI=1S/C4H10N2O5P/c1-6(2-4(7)5-8)3-12(9,10)11/h2-3H2,1H3,(H3-,5,7,8,9,10,11)/q-1/p-2. The normalized spacial score (nSPS) is 11.8. The highest BCUT2D eigenvalue weighted by Crippen LogP contribution is 2.22. The molecule has 0 aliphatic heterocycles. The molecule has 72 valence electrons. The van der Waals surface area contributed by atoms with Crippen molar-refractivity contribution in [1.82, 2.24) is 10.4 Å². The summed E-state index contributed by atoms with van der Waals surface area (Å²) in [6.07, 6.45) is -0.763. The van der Waals surface area contributed by atoms with Crippen LogP contribution in [0.15, 0.2) is 0 Å². The van der Waals surface area contributed by atoms with Gasteiger partial charge in [0.25, 0.3) is 0 Å². The third-order valence-corrected chi connectivity index (χ3v) is 1.77. The first-order valence-corrected chi connectivity index (χ1v) is 4.68. The molecule has 0 radical (unpaired) electrons. The average molecular weight is 195 g/mol. The van der Waals surface area contributed by atoms with Crippen molar-refractivity contribution < 1.29 is 19.1 Å². The van der Waals surface area contributed by atoms with Crippen molar-refractivity contribution in [3.63, 3.8) is 0 Å². The Balaban J connectivity index is 3.82. The van der Waals surface area contributed by atoms with E-state index in [4.69, 9.17) is 0 Å². The van der Waals surface area contributed by atoms with Gasteiger partial charge in [0.05, 0.1) is 6.54 Å². The van der Waals surface area contributed by atoms with Crippen LogP contribution in [0.2, 0.25) is 0 Å². The molecule has 1 amide bonds. The first-order valence-electron chi connectivity index (χ1n) is 2.96. The third kappa shape index (κ3) is 6.26. The molecular formula is C4H8N2O5P-3. The van der Waals surface area contributed by atoms with Crippen LogP contribution in [0, 0.1) is 5.21 Å². The molecule has 7 nitrogen and oxygen atoms in total. The fourth-order valence-electron chi connectivity index (χ4n) is 0.623. The lowest BCUT2D eigenvalue weighted by molar-refractivity contribution is -0.315. The number of carbonyl (C=O) groups excluding carboxylic acids is 1. The van der Waals surface area contributed by atoms with Gasteiger partial charge in [-0.15, -0.1) is 0 Å². The van der Waals surface area contributed by atoms with E-state index in [0.29, 0.717) is 0 Å². The smallest absolute Gasteiger partial charge is 0.223 e. The molecule has 0 fully saturated rings. The zero-order valence-corrected chi connectivity index (χ0v) is 7.24. The number of hydrogen-bond donors (Lipinski definition) is 1. The topological polar surface area (TPSA) is 119 Å². The van der Waals surface area contributed by atoms with Gasteiger partial charge in [-0.2, -0.15) is 0 Å². The fourth-order valence-corrected chi connectivity index (χ4v) is 1.31. The molecule has 0 spiro atoms. The second-order valence-electron chi connectivity index (χ2n) is 2.29. The molecule has 0 aromatic heterocycles. The Hall–Kier alpha value is -0.460. The molecule has 0 unspecified atom stereocenters. The molecular weight excluding hydrogens is 187 g/mol. The molecule has 0 saturated heterocycles. The highest BCUT2D eigenvalue weighted by Gasteiger charge is 2.03. The maximum atomic E-state index is 10.3. The second kappa shape index (κ2) is 4.54. The summed E-state index contributed by atoms with van der Waals surface area (Å²) in [6, 6.07) is 0. The monoisotopic (exact) mass is 195 g/mol. The van der Waals surface area contributed by atoms with Crippen LogP contribution in [0.25, 0.3) is 0 Å². The third-order valence-electron chi connectivity index (χ3n) is 0.942. The Bertz CT molecular complexity index is 202. The number of hydrogen-bond acceptors (Lipinski definition) is 6. The highest BCUT2D eigenvalue weighted by molar-refractivity contribution is 7.48. The minimum Gasteiger partial charge on any atom is -0.810 e. The number of amides is 1. The van der Waals surface area contributed by atoms with Crippen molar-refractivity contribution in [3.05, 3.63) is 5.21 Å². The molecule has 0 heterocycles. The van der Waals surface area contributed by atoms with E-state index in [0.717, 1.165) is 10.4 Å². The quantitative estimate of drug-likeness (QED) is 0.388. The summed E-state index contributed by atoms with van der Waals surface area (Å²) >= 11 is 0. The lowest BCUT2D eigenvalue weighted by Gasteiger charge is -2.33. The number of hydroxylamine groups is 1. The SMILES string of the molecule is CN(CC(=O)N[O-])CP(=O)([O-])[O-]. The Kier molecular flexibility index (Phi) is 4.36. The van der Waals surface area contributed by atoms with E-state index in [9.17, 15) is 24.4 Å². The Morgan fingerprint density at radius 2 is 2.08 bits per heavy atom. The highest BCUT2D eigenvalue weighted by atomic mass is 31.2. The van der Waals surface area contributed by atoms with E-state index in [-0.39, 0.29) is 0 Å². The van der Waals surface area contributed by atoms with E-state index in [2.05, 4.69) is 0 Å². The van der Waals surface area contributed by atoms with Crippen LogP contribution in [-0.2, 0) is 9.36 Å². The molecule has 0 aliphatic rings. The van der Waals surface area contributed by atoms with Crippen LogP contribution in [-0.4, -0.2) is 30.7 Å². The largest absolute Gasteiger partial charge is 0.810 e. The maximum absolute atomic E-state index is 10.3. The molecule has 12 heavy (non-hydrogen) atoms. The van der Waals surface area contributed by atoms with Crippen molar-refractivity contribution in [1.29, 1.82) is 0 Å². The van der Waals surface area contributed by atoms with Crippen LogP contribution in [0.5, 0.6) is 0 Å². The molecule has 0 aromatic rings. The van der Waals surface area contributed by atoms with E-state index < -0.39 is 26.3 Å². The van der Waals surface area contributed by atoms with Crippen molar-refractivity contribution >= 4 is 13.5 Å². The number of nitrogens with zero attached hydrogens (tertiary/aromatic N) is 1.